The van der Waals surface area contributed by atoms with E-state index in [2.05, 4.69) is 4.90 Å². The zero-order valence-corrected chi connectivity index (χ0v) is 9.01. The van der Waals surface area contributed by atoms with Crippen LogP contribution in [0.4, 0.5) is 0 Å². The van der Waals surface area contributed by atoms with E-state index in [4.69, 9.17) is 10.1 Å². The van der Waals surface area contributed by atoms with Crippen LogP contribution in [0.3, 0.4) is 0 Å². The number of nitrogens with zero attached hydrogens (tertiary/aromatic N) is 1. The van der Waals surface area contributed by atoms with Crippen molar-refractivity contribution in [3.63, 3.8) is 0 Å². The molecule has 2 fully saturated rings. The van der Waals surface area contributed by atoms with Crippen LogP contribution in [0.2, 0.25) is 0 Å². The molecule has 3 nitrogen and oxygen atoms in total. The van der Waals surface area contributed by atoms with Gasteiger partial charge in [-0.15, -0.1) is 0 Å². The molecular weight excluding hydrogens is 176 g/mol. The Balaban J connectivity index is 1.91. The molecule has 0 radical (unpaired) electrons. The molecule has 0 atom stereocenters. The summed E-state index contributed by atoms with van der Waals surface area (Å²) in [6.45, 7) is 2.01. The molecule has 3 heteroatoms. The summed E-state index contributed by atoms with van der Waals surface area (Å²) >= 11 is 0. The fraction of sp³-hybridized carbons (Fsp3) is 0.909. The molecule has 1 saturated carbocycles. The fourth-order valence-corrected chi connectivity index (χ4v) is 2.41. The average molecular weight is 196 g/mol. The van der Waals surface area contributed by atoms with Gasteiger partial charge in [0.15, 0.2) is 0 Å². The summed E-state index contributed by atoms with van der Waals surface area (Å²) in [5.41, 5.74) is 0.0869. The van der Waals surface area contributed by atoms with Crippen LogP contribution in [-0.2, 0) is 4.74 Å². The summed E-state index contributed by atoms with van der Waals surface area (Å²) in [4.78, 5) is 2.21. The quantitative estimate of drug-likeness (QED) is 0.749. The second-order valence-corrected chi connectivity index (χ2v) is 4.57. The molecule has 2 aliphatic rings. The number of hydrogen-bond acceptors (Lipinski definition) is 2. The van der Waals surface area contributed by atoms with Crippen molar-refractivity contribution in [2.24, 2.45) is 0 Å². The van der Waals surface area contributed by atoms with Gasteiger partial charge in [0.2, 0.25) is 0 Å². The zero-order chi connectivity index (χ0) is 10.0. The highest BCUT2D eigenvalue weighted by Crippen LogP contribution is 2.36. The monoisotopic (exact) mass is 196 g/mol. The number of ether oxygens (including phenoxy) is 1. The molecule has 1 heterocycles. The Kier molecular flexibility index (Phi) is 2.77. The van der Waals surface area contributed by atoms with E-state index in [1.165, 1.54) is 32.1 Å². The van der Waals surface area contributed by atoms with Gasteiger partial charge in [-0.1, -0.05) is 0 Å². The van der Waals surface area contributed by atoms with Crippen LogP contribution < -0.4 is 0 Å². The molecule has 2 rings (SSSR count). The van der Waals surface area contributed by atoms with Crippen molar-refractivity contribution in [1.82, 2.24) is 4.90 Å². The van der Waals surface area contributed by atoms with Gasteiger partial charge in [0, 0.05) is 26.6 Å². The van der Waals surface area contributed by atoms with E-state index in [1.54, 1.807) is 0 Å². The van der Waals surface area contributed by atoms with Crippen molar-refractivity contribution in [3.8, 4) is 0 Å². The summed E-state index contributed by atoms with van der Waals surface area (Å²) in [5.74, 6) is 0.819. The Bertz CT molecular complexity index is 218. The summed E-state index contributed by atoms with van der Waals surface area (Å²) in [6.07, 6.45) is 7.02. The number of piperidine rings is 1. The Morgan fingerprint density at radius 1 is 1.36 bits per heavy atom. The van der Waals surface area contributed by atoms with Crippen LogP contribution in [0.15, 0.2) is 0 Å². The SMILES string of the molecule is COC1(CN2CCCCC2=N)CCC1. The molecule has 0 spiro atoms. The molecule has 1 aliphatic heterocycles. The van der Waals surface area contributed by atoms with Gasteiger partial charge in [0.05, 0.1) is 11.4 Å². The van der Waals surface area contributed by atoms with Crippen molar-refractivity contribution < 1.29 is 4.74 Å². The molecule has 0 amide bonds. The third kappa shape index (κ3) is 1.78. The van der Waals surface area contributed by atoms with E-state index in [9.17, 15) is 0 Å². The van der Waals surface area contributed by atoms with Gasteiger partial charge in [-0.2, -0.15) is 0 Å². The van der Waals surface area contributed by atoms with Crippen LogP contribution in [0.1, 0.15) is 38.5 Å². The molecule has 80 valence electrons. The predicted molar refractivity (Wildman–Crippen MR) is 56.7 cm³/mol. The first-order valence-corrected chi connectivity index (χ1v) is 5.63. The van der Waals surface area contributed by atoms with Crippen molar-refractivity contribution in [2.75, 3.05) is 20.2 Å². The van der Waals surface area contributed by atoms with E-state index < -0.39 is 0 Å². The zero-order valence-electron chi connectivity index (χ0n) is 9.01. The Morgan fingerprint density at radius 2 is 2.14 bits per heavy atom. The maximum Gasteiger partial charge on any atom is 0.0958 e. The summed E-state index contributed by atoms with van der Waals surface area (Å²) in [5, 5.41) is 7.87. The highest BCUT2D eigenvalue weighted by atomic mass is 16.5. The fourth-order valence-electron chi connectivity index (χ4n) is 2.41. The molecule has 1 saturated heterocycles. The lowest BCUT2D eigenvalue weighted by Crippen LogP contribution is -2.52. The minimum absolute atomic E-state index is 0.0869. The van der Waals surface area contributed by atoms with E-state index in [0.717, 1.165) is 25.3 Å². The molecule has 0 aromatic heterocycles. The van der Waals surface area contributed by atoms with Crippen molar-refractivity contribution >= 4 is 5.84 Å². The molecule has 0 aromatic carbocycles. The number of amidine groups is 1. The van der Waals surface area contributed by atoms with Gasteiger partial charge in [-0.3, -0.25) is 5.41 Å². The minimum atomic E-state index is 0.0869. The minimum Gasteiger partial charge on any atom is -0.376 e. The van der Waals surface area contributed by atoms with Crippen LogP contribution in [-0.4, -0.2) is 36.5 Å². The molecule has 14 heavy (non-hydrogen) atoms. The van der Waals surface area contributed by atoms with E-state index in [0.29, 0.717) is 0 Å². The lowest BCUT2D eigenvalue weighted by atomic mass is 9.79. The second kappa shape index (κ2) is 3.89. The second-order valence-electron chi connectivity index (χ2n) is 4.57. The van der Waals surface area contributed by atoms with Crippen LogP contribution in [0.5, 0.6) is 0 Å². The summed E-state index contributed by atoms with van der Waals surface area (Å²) < 4.78 is 5.59. The lowest BCUT2D eigenvalue weighted by molar-refractivity contribution is -0.0834. The van der Waals surface area contributed by atoms with Crippen molar-refractivity contribution in [3.05, 3.63) is 0 Å². The Labute approximate surface area is 85.9 Å². The number of likely N-dealkylation sites (tertiary alicyclic amines) is 1. The first-order chi connectivity index (χ1) is 6.76. The molecule has 0 bridgehead atoms. The maximum absolute atomic E-state index is 7.87. The van der Waals surface area contributed by atoms with Crippen molar-refractivity contribution in [1.29, 1.82) is 5.41 Å². The Morgan fingerprint density at radius 3 is 2.64 bits per heavy atom. The first-order valence-electron chi connectivity index (χ1n) is 5.63. The highest BCUT2D eigenvalue weighted by molar-refractivity contribution is 5.79. The number of hydrogen-bond donors (Lipinski definition) is 1. The molecule has 0 unspecified atom stereocenters. The number of rotatable bonds is 3. The normalized spacial score (nSPS) is 26.1. The summed E-state index contributed by atoms with van der Waals surface area (Å²) in [6, 6.07) is 0. The average Bonchev–Trinajstić information content (AvgIpc) is 2.14. The maximum atomic E-state index is 7.87. The van der Waals surface area contributed by atoms with Gasteiger partial charge in [-0.05, 0) is 32.1 Å². The van der Waals surface area contributed by atoms with Crippen LogP contribution in [0, 0.1) is 5.41 Å². The van der Waals surface area contributed by atoms with E-state index in [-0.39, 0.29) is 5.60 Å². The number of nitrogens with one attached hydrogen (secondary N) is 1. The standard InChI is InChI=1S/C11H20N2O/c1-14-11(6-4-7-11)9-13-8-3-2-5-10(13)12/h12H,2-9H2,1H3. The highest BCUT2D eigenvalue weighted by Gasteiger charge is 2.39. The molecule has 1 aliphatic carbocycles. The largest absolute Gasteiger partial charge is 0.376 e. The Hall–Kier alpha value is -0.570. The topological polar surface area (TPSA) is 36.3 Å². The van der Waals surface area contributed by atoms with Gasteiger partial charge in [0.1, 0.15) is 0 Å². The van der Waals surface area contributed by atoms with Crippen molar-refractivity contribution in [2.45, 2.75) is 44.1 Å². The predicted octanol–water partition coefficient (Wildman–Crippen LogP) is 2.02. The van der Waals surface area contributed by atoms with Crippen LogP contribution >= 0.6 is 0 Å². The third-order valence-corrected chi connectivity index (χ3v) is 3.65. The van der Waals surface area contributed by atoms with Gasteiger partial charge in [-0.25, -0.2) is 0 Å². The van der Waals surface area contributed by atoms with E-state index >= 15 is 0 Å². The van der Waals surface area contributed by atoms with Gasteiger partial charge >= 0.3 is 0 Å². The summed E-state index contributed by atoms with van der Waals surface area (Å²) in [7, 11) is 1.81. The molecule has 1 N–H and O–H groups in total. The third-order valence-electron chi connectivity index (χ3n) is 3.65. The first kappa shape index (κ1) is 9.97. The van der Waals surface area contributed by atoms with E-state index in [1.807, 2.05) is 7.11 Å². The van der Waals surface area contributed by atoms with Crippen LogP contribution in [0.25, 0.3) is 0 Å². The lowest BCUT2D eigenvalue weighted by Gasteiger charge is -2.45. The molecular formula is C11H20N2O. The van der Waals surface area contributed by atoms with Gasteiger partial charge < -0.3 is 9.64 Å². The number of methoxy groups -OCH3 is 1. The molecule has 0 aromatic rings. The smallest absolute Gasteiger partial charge is 0.0958 e. The van der Waals surface area contributed by atoms with Gasteiger partial charge in [0.25, 0.3) is 0 Å².